The van der Waals surface area contributed by atoms with E-state index in [2.05, 4.69) is 0 Å². The van der Waals surface area contributed by atoms with E-state index in [0.717, 1.165) is 6.42 Å². The Bertz CT molecular complexity index is 166. The van der Waals surface area contributed by atoms with Gasteiger partial charge in [0.2, 0.25) is 0 Å². The Morgan fingerprint density at radius 3 is 2.38 bits per heavy atom. The first kappa shape index (κ1) is 11.1. The van der Waals surface area contributed by atoms with Gasteiger partial charge in [0.15, 0.2) is 8.38 Å². The summed E-state index contributed by atoms with van der Waals surface area (Å²) in [6.45, 7) is 5.28. The molecule has 0 amide bonds. The van der Waals surface area contributed by atoms with Gasteiger partial charge in [-0.2, -0.15) is 0 Å². The summed E-state index contributed by atoms with van der Waals surface area (Å²) in [6, 6.07) is 0. The maximum absolute atomic E-state index is 11.1. The van der Waals surface area contributed by atoms with Crippen LogP contribution in [0.1, 0.15) is 33.1 Å². The minimum Gasteiger partial charge on any atom is -0.334 e. The highest BCUT2D eigenvalue weighted by atomic mass is 31.2. The first-order valence-electron chi connectivity index (χ1n) is 4.84. The molecular formula is C9H17O3P. The van der Waals surface area contributed by atoms with Gasteiger partial charge in [0, 0.05) is 18.5 Å². The van der Waals surface area contributed by atoms with Crippen molar-refractivity contribution in [3.8, 4) is 0 Å². The fourth-order valence-corrected chi connectivity index (χ4v) is 3.17. The molecule has 1 aliphatic rings. The molecule has 76 valence electrons. The SMILES string of the molecule is CCOP(OCC)[C@H]1CCC(=O)C1. The number of carbonyl (C=O) groups is 1. The van der Waals surface area contributed by atoms with Crippen molar-refractivity contribution in [1.29, 1.82) is 0 Å². The van der Waals surface area contributed by atoms with Crippen LogP contribution in [0.25, 0.3) is 0 Å². The Kier molecular flexibility index (Phi) is 4.86. The van der Waals surface area contributed by atoms with E-state index in [0.29, 0.717) is 37.5 Å². The van der Waals surface area contributed by atoms with Crippen LogP contribution in [0.15, 0.2) is 0 Å². The fraction of sp³-hybridized carbons (Fsp3) is 0.889. The molecule has 0 heterocycles. The fourth-order valence-electron chi connectivity index (χ4n) is 1.48. The molecule has 0 aromatic rings. The number of hydrogen-bond acceptors (Lipinski definition) is 3. The molecule has 0 unspecified atom stereocenters. The summed E-state index contributed by atoms with van der Waals surface area (Å²) in [4.78, 5) is 11.1. The van der Waals surface area contributed by atoms with Crippen molar-refractivity contribution in [2.45, 2.75) is 38.8 Å². The molecule has 1 fully saturated rings. The lowest BCUT2D eigenvalue weighted by Crippen LogP contribution is -2.05. The molecular weight excluding hydrogens is 187 g/mol. The molecule has 0 N–H and O–H groups in total. The highest BCUT2D eigenvalue weighted by Crippen LogP contribution is 2.49. The van der Waals surface area contributed by atoms with E-state index in [9.17, 15) is 4.79 Å². The highest BCUT2D eigenvalue weighted by Gasteiger charge is 2.31. The van der Waals surface area contributed by atoms with Crippen molar-refractivity contribution in [1.82, 2.24) is 0 Å². The van der Waals surface area contributed by atoms with E-state index >= 15 is 0 Å². The Hall–Kier alpha value is 0.0200. The van der Waals surface area contributed by atoms with Gasteiger partial charge in [0.1, 0.15) is 5.78 Å². The van der Waals surface area contributed by atoms with Crippen molar-refractivity contribution >= 4 is 14.2 Å². The third kappa shape index (κ3) is 3.34. The van der Waals surface area contributed by atoms with Crippen molar-refractivity contribution in [2.75, 3.05) is 13.2 Å². The Morgan fingerprint density at radius 2 is 2.00 bits per heavy atom. The van der Waals surface area contributed by atoms with Gasteiger partial charge in [-0.25, -0.2) is 0 Å². The molecule has 0 radical (unpaired) electrons. The summed E-state index contributed by atoms with van der Waals surface area (Å²) in [5.41, 5.74) is 0.349. The number of ketones is 1. The van der Waals surface area contributed by atoms with Crippen molar-refractivity contribution in [3.63, 3.8) is 0 Å². The first-order valence-corrected chi connectivity index (χ1v) is 6.09. The van der Waals surface area contributed by atoms with Crippen LogP contribution in [0.2, 0.25) is 0 Å². The molecule has 0 aliphatic heterocycles. The molecule has 4 heteroatoms. The molecule has 1 saturated carbocycles. The maximum Gasteiger partial charge on any atom is 0.174 e. The molecule has 0 spiro atoms. The number of Topliss-reactive ketones (excluding diaryl/α,β-unsaturated/α-hetero) is 1. The van der Waals surface area contributed by atoms with Gasteiger partial charge in [-0.3, -0.25) is 4.79 Å². The molecule has 0 aromatic heterocycles. The van der Waals surface area contributed by atoms with Gasteiger partial charge >= 0.3 is 0 Å². The third-order valence-corrected chi connectivity index (χ3v) is 4.09. The molecule has 13 heavy (non-hydrogen) atoms. The van der Waals surface area contributed by atoms with Crippen LogP contribution in [-0.2, 0) is 13.8 Å². The standard InChI is InChI=1S/C9H17O3P/c1-3-11-13(12-4-2)9-6-5-8(10)7-9/h9H,3-7H2,1-2H3/t9-/m0/s1. The molecule has 0 bridgehead atoms. The van der Waals surface area contributed by atoms with E-state index in [1.54, 1.807) is 0 Å². The van der Waals surface area contributed by atoms with E-state index in [1.807, 2.05) is 13.8 Å². The Labute approximate surface area is 80.7 Å². The third-order valence-electron chi connectivity index (χ3n) is 2.03. The average molecular weight is 204 g/mol. The summed E-state index contributed by atoms with van der Waals surface area (Å²) in [6.07, 6.45) is 2.32. The first-order chi connectivity index (χ1) is 6.27. The highest BCUT2D eigenvalue weighted by molar-refractivity contribution is 7.48. The summed E-state index contributed by atoms with van der Waals surface area (Å²) in [5.74, 6) is 0.358. The van der Waals surface area contributed by atoms with Crippen molar-refractivity contribution in [3.05, 3.63) is 0 Å². The predicted molar refractivity (Wildman–Crippen MR) is 52.8 cm³/mol. The zero-order valence-corrected chi connectivity index (χ0v) is 9.18. The molecule has 1 aliphatic carbocycles. The summed E-state index contributed by atoms with van der Waals surface area (Å²) >= 11 is 0. The topological polar surface area (TPSA) is 35.5 Å². The second-order valence-corrected chi connectivity index (χ2v) is 4.87. The minimum absolute atomic E-state index is 0.349. The van der Waals surface area contributed by atoms with Gasteiger partial charge in [0.05, 0.1) is 13.2 Å². The zero-order valence-electron chi connectivity index (χ0n) is 8.28. The van der Waals surface area contributed by atoms with Crippen LogP contribution in [0, 0.1) is 0 Å². The molecule has 1 rings (SSSR count). The van der Waals surface area contributed by atoms with Gasteiger partial charge < -0.3 is 9.05 Å². The van der Waals surface area contributed by atoms with Crippen LogP contribution in [-0.4, -0.2) is 24.7 Å². The quantitative estimate of drug-likeness (QED) is 0.645. The predicted octanol–water partition coefficient (Wildman–Crippen LogP) is 2.49. The monoisotopic (exact) mass is 204 g/mol. The van der Waals surface area contributed by atoms with Crippen LogP contribution < -0.4 is 0 Å². The number of hydrogen-bond donors (Lipinski definition) is 0. The van der Waals surface area contributed by atoms with E-state index in [4.69, 9.17) is 9.05 Å². The minimum atomic E-state index is -0.809. The van der Waals surface area contributed by atoms with Crippen molar-refractivity contribution < 1.29 is 13.8 Å². The van der Waals surface area contributed by atoms with E-state index in [-0.39, 0.29) is 0 Å². The zero-order chi connectivity index (χ0) is 9.68. The lowest BCUT2D eigenvalue weighted by Gasteiger charge is -2.20. The molecule has 0 saturated heterocycles. The van der Waals surface area contributed by atoms with Crippen LogP contribution >= 0.6 is 8.38 Å². The van der Waals surface area contributed by atoms with Gasteiger partial charge in [-0.15, -0.1) is 0 Å². The molecule has 3 nitrogen and oxygen atoms in total. The lowest BCUT2D eigenvalue weighted by atomic mass is 10.4. The smallest absolute Gasteiger partial charge is 0.174 e. The normalized spacial score (nSPS) is 23.0. The largest absolute Gasteiger partial charge is 0.334 e. The van der Waals surface area contributed by atoms with Gasteiger partial charge in [-0.05, 0) is 20.3 Å². The molecule has 0 aromatic carbocycles. The molecule has 1 atom stereocenters. The maximum atomic E-state index is 11.1. The van der Waals surface area contributed by atoms with Gasteiger partial charge in [0.25, 0.3) is 0 Å². The lowest BCUT2D eigenvalue weighted by molar-refractivity contribution is -0.117. The van der Waals surface area contributed by atoms with Crippen LogP contribution in [0.3, 0.4) is 0 Å². The van der Waals surface area contributed by atoms with Gasteiger partial charge in [-0.1, -0.05) is 0 Å². The average Bonchev–Trinajstić information content (AvgIpc) is 2.51. The second kappa shape index (κ2) is 5.69. The van der Waals surface area contributed by atoms with Crippen LogP contribution in [0.4, 0.5) is 0 Å². The Morgan fingerprint density at radius 1 is 1.38 bits per heavy atom. The summed E-state index contributed by atoms with van der Waals surface area (Å²) in [5, 5.41) is 0. The second-order valence-electron chi connectivity index (χ2n) is 3.06. The van der Waals surface area contributed by atoms with E-state index < -0.39 is 8.38 Å². The van der Waals surface area contributed by atoms with Crippen LogP contribution in [0.5, 0.6) is 0 Å². The van der Waals surface area contributed by atoms with Crippen molar-refractivity contribution in [2.24, 2.45) is 0 Å². The number of rotatable bonds is 5. The number of carbonyl (C=O) groups excluding carboxylic acids is 1. The summed E-state index contributed by atoms with van der Waals surface area (Å²) in [7, 11) is -0.809. The summed E-state index contributed by atoms with van der Waals surface area (Å²) < 4.78 is 11.0. The van der Waals surface area contributed by atoms with E-state index in [1.165, 1.54) is 0 Å². The Balaban J connectivity index is 2.39.